The van der Waals surface area contributed by atoms with Gasteiger partial charge in [0, 0.05) is 6.61 Å². The molecule has 1 aromatic carbocycles. The lowest BCUT2D eigenvalue weighted by Gasteiger charge is -2.08. The summed E-state index contributed by atoms with van der Waals surface area (Å²) in [5.41, 5.74) is 0.543. The molecular formula is C13H17NO3. The fourth-order valence-electron chi connectivity index (χ4n) is 1.26. The molecule has 0 atom stereocenters. The molecule has 0 aromatic heterocycles. The zero-order valence-corrected chi connectivity index (χ0v) is 10.0. The van der Waals surface area contributed by atoms with Gasteiger partial charge in [-0.25, -0.2) is 0 Å². The fraction of sp³-hybridized carbons (Fsp3) is 0.462. The minimum absolute atomic E-state index is 0.435. The van der Waals surface area contributed by atoms with Gasteiger partial charge in [-0.2, -0.15) is 5.26 Å². The third kappa shape index (κ3) is 5.34. The summed E-state index contributed by atoms with van der Waals surface area (Å²) in [4.78, 5) is 0. The summed E-state index contributed by atoms with van der Waals surface area (Å²) in [6.45, 7) is 4.75. The Kier molecular flexibility index (Phi) is 6.80. The summed E-state index contributed by atoms with van der Waals surface area (Å²) in [6.07, 6.45) is 0. The largest absolute Gasteiger partial charge is 0.490 e. The minimum Gasteiger partial charge on any atom is -0.490 e. The first-order chi connectivity index (χ1) is 8.38. The lowest BCUT2D eigenvalue weighted by molar-refractivity contribution is 0.0404. The molecule has 0 bridgehead atoms. The van der Waals surface area contributed by atoms with E-state index in [1.165, 1.54) is 0 Å². The molecule has 1 aromatic rings. The van der Waals surface area contributed by atoms with Crippen LogP contribution in [0.4, 0.5) is 0 Å². The molecule has 0 heterocycles. The van der Waals surface area contributed by atoms with Crippen LogP contribution in [0.25, 0.3) is 0 Å². The van der Waals surface area contributed by atoms with Crippen molar-refractivity contribution in [2.75, 3.05) is 33.0 Å². The van der Waals surface area contributed by atoms with Crippen LogP contribution in [0.5, 0.6) is 5.75 Å². The van der Waals surface area contributed by atoms with Gasteiger partial charge in [0.15, 0.2) is 0 Å². The van der Waals surface area contributed by atoms with Gasteiger partial charge in [-0.1, -0.05) is 12.1 Å². The number of para-hydroxylation sites is 1. The fourth-order valence-corrected chi connectivity index (χ4v) is 1.26. The second kappa shape index (κ2) is 8.57. The van der Waals surface area contributed by atoms with Crippen molar-refractivity contribution < 1.29 is 14.2 Å². The first kappa shape index (κ1) is 13.5. The second-order valence-corrected chi connectivity index (χ2v) is 3.27. The number of hydrogen-bond donors (Lipinski definition) is 0. The summed E-state index contributed by atoms with van der Waals surface area (Å²) in [5, 5.41) is 8.84. The number of benzene rings is 1. The first-order valence-corrected chi connectivity index (χ1v) is 5.66. The van der Waals surface area contributed by atoms with Crippen molar-refractivity contribution in [3.05, 3.63) is 29.8 Å². The van der Waals surface area contributed by atoms with Gasteiger partial charge in [0.25, 0.3) is 0 Å². The minimum atomic E-state index is 0.435. The van der Waals surface area contributed by atoms with E-state index in [-0.39, 0.29) is 0 Å². The SMILES string of the molecule is CCOCCOCCOc1ccccc1C#N. The van der Waals surface area contributed by atoms with Crippen molar-refractivity contribution in [1.29, 1.82) is 5.26 Å². The van der Waals surface area contributed by atoms with Crippen molar-refractivity contribution in [3.63, 3.8) is 0 Å². The van der Waals surface area contributed by atoms with Crippen LogP contribution in [0.3, 0.4) is 0 Å². The predicted molar refractivity (Wildman–Crippen MR) is 64.0 cm³/mol. The Balaban J connectivity index is 2.16. The van der Waals surface area contributed by atoms with E-state index in [1.807, 2.05) is 19.1 Å². The molecule has 0 radical (unpaired) electrons. The molecule has 0 unspecified atom stereocenters. The van der Waals surface area contributed by atoms with E-state index in [4.69, 9.17) is 19.5 Å². The van der Waals surface area contributed by atoms with Gasteiger partial charge in [-0.3, -0.25) is 0 Å². The maximum Gasteiger partial charge on any atom is 0.137 e. The van der Waals surface area contributed by atoms with Crippen LogP contribution in [0.1, 0.15) is 12.5 Å². The van der Waals surface area contributed by atoms with Gasteiger partial charge in [-0.15, -0.1) is 0 Å². The van der Waals surface area contributed by atoms with E-state index in [1.54, 1.807) is 12.1 Å². The van der Waals surface area contributed by atoms with Crippen LogP contribution >= 0.6 is 0 Å². The topological polar surface area (TPSA) is 51.5 Å². The zero-order chi connectivity index (χ0) is 12.3. The Morgan fingerprint density at radius 2 is 1.76 bits per heavy atom. The van der Waals surface area contributed by atoms with Crippen LogP contribution in [0, 0.1) is 11.3 Å². The Morgan fingerprint density at radius 1 is 1.06 bits per heavy atom. The van der Waals surface area contributed by atoms with Crippen molar-refractivity contribution in [2.45, 2.75) is 6.92 Å². The number of nitrogens with zero attached hydrogens (tertiary/aromatic N) is 1. The molecular weight excluding hydrogens is 218 g/mol. The second-order valence-electron chi connectivity index (χ2n) is 3.27. The van der Waals surface area contributed by atoms with Crippen LogP contribution in [0.15, 0.2) is 24.3 Å². The van der Waals surface area contributed by atoms with E-state index >= 15 is 0 Å². The van der Waals surface area contributed by atoms with Crippen molar-refractivity contribution in [1.82, 2.24) is 0 Å². The molecule has 92 valence electrons. The van der Waals surface area contributed by atoms with E-state index in [9.17, 15) is 0 Å². The highest BCUT2D eigenvalue weighted by Crippen LogP contribution is 2.15. The molecule has 0 amide bonds. The van der Waals surface area contributed by atoms with Gasteiger partial charge in [0.2, 0.25) is 0 Å². The van der Waals surface area contributed by atoms with Crippen LogP contribution in [0.2, 0.25) is 0 Å². The van der Waals surface area contributed by atoms with Crippen molar-refractivity contribution >= 4 is 0 Å². The molecule has 0 fully saturated rings. The molecule has 0 aliphatic heterocycles. The number of nitriles is 1. The highest BCUT2D eigenvalue weighted by atomic mass is 16.5. The first-order valence-electron chi connectivity index (χ1n) is 5.66. The molecule has 0 saturated carbocycles. The third-order valence-electron chi connectivity index (χ3n) is 2.07. The highest BCUT2D eigenvalue weighted by molar-refractivity contribution is 5.42. The molecule has 17 heavy (non-hydrogen) atoms. The molecule has 0 saturated heterocycles. The highest BCUT2D eigenvalue weighted by Gasteiger charge is 2.00. The predicted octanol–water partition coefficient (Wildman–Crippen LogP) is 1.99. The quantitative estimate of drug-likeness (QED) is 0.646. The summed E-state index contributed by atoms with van der Waals surface area (Å²) in [5.74, 6) is 0.600. The molecule has 4 heteroatoms. The molecule has 1 rings (SSSR count). The van der Waals surface area contributed by atoms with Gasteiger partial charge in [0.1, 0.15) is 18.4 Å². The monoisotopic (exact) mass is 235 g/mol. The summed E-state index contributed by atoms with van der Waals surface area (Å²) in [6, 6.07) is 9.23. The van der Waals surface area contributed by atoms with Gasteiger partial charge < -0.3 is 14.2 Å². The Labute approximate surface area is 102 Å². The van der Waals surface area contributed by atoms with Gasteiger partial charge in [-0.05, 0) is 19.1 Å². The normalized spacial score (nSPS) is 9.88. The molecule has 0 aliphatic carbocycles. The maximum atomic E-state index is 8.84. The van der Waals surface area contributed by atoms with Gasteiger partial charge >= 0.3 is 0 Å². The lowest BCUT2D eigenvalue weighted by atomic mass is 10.2. The molecule has 0 aliphatic rings. The Morgan fingerprint density at radius 3 is 2.53 bits per heavy atom. The van der Waals surface area contributed by atoms with Crippen molar-refractivity contribution in [2.24, 2.45) is 0 Å². The van der Waals surface area contributed by atoms with E-state index in [2.05, 4.69) is 6.07 Å². The molecule has 4 nitrogen and oxygen atoms in total. The summed E-state index contributed by atoms with van der Waals surface area (Å²) >= 11 is 0. The molecule has 0 spiro atoms. The van der Waals surface area contributed by atoms with Crippen LogP contribution < -0.4 is 4.74 Å². The smallest absolute Gasteiger partial charge is 0.137 e. The Bertz CT molecular complexity index is 360. The Hall–Kier alpha value is -1.57. The molecule has 0 N–H and O–H groups in total. The van der Waals surface area contributed by atoms with Crippen molar-refractivity contribution in [3.8, 4) is 11.8 Å². The van der Waals surface area contributed by atoms with E-state index in [0.717, 1.165) is 0 Å². The van der Waals surface area contributed by atoms with Crippen LogP contribution in [-0.4, -0.2) is 33.0 Å². The summed E-state index contributed by atoms with van der Waals surface area (Å²) in [7, 11) is 0. The lowest BCUT2D eigenvalue weighted by Crippen LogP contribution is -2.11. The van der Waals surface area contributed by atoms with Crippen LogP contribution in [-0.2, 0) is 9.47 Å². The van der Waals surface area contributed by atoms with E-state index in [0.29, 0.717) is 44.3 Å². The van der Waals surface area contributed by atoms with E-state index < -0.39 is 0 Å². The third-order valence-corrected chi connectivity index (χ3v) is 2.07. The zero-order valence-electron chi connectivity index (χ0n) is 10.0. The van der Waals surface area contributed by atoms with Gasteiger partial charge in [0.05, 0.1) is 25.4 Å². The average Bonchev–Trinajstić information content (AvgIpc) is 2.38. The number of ether oxygens (including phenoxy) is 3. The number of hydrogen-bond acceptors (Lipinski definition) is 4. The maximum absolute atomic E-state index is 8.84. The summed E-state index contributed by atoms with van der Waals surface area (Å²) < 4.78 is 15.9. The average molecular weight is 235 g/mol. The standard InChI is InChI=1S/C13H17NO3/c1-2-15-7-8-16-9-10-17-13-6-4-3-5-12(13)11-14/h3-6H,2,7-10H2,1H3. The number of rotatable bonds is 8.